The maximum atomic E-state index is 10.3. The van der Waals surface area contributed by atoms with Crippen LogP contribution in [0.1, 0.15) is 10.4 Å². The normalized spacial score (nSPS) is 9.12. The molecule has 1 heterocycles. The fourth-order valence-corrected chi connectivity index (χ4v) is 0.513. The average Bonchev–Trinajstić information content (AvgIpc) is 2.12. The molecule has 0 radical (unpaired) electrons. The molecule has 0 fully saturated rings. The van der Waals surface area contributed by atoms with Crippen molar-refractivity contribution in [2.24, 2.45) is 0 Å². The van der Waals surface area contributed by atoms with Gasteiger partial charge in [-0.05, 0) is 6.07 Å². The second-order valence-electron chi connectivity index (χ2n) is 1.32. The molecule has 0 spiro atoms. The zero-order valence-corrected chi connectivity index (χ0v) is 4.89. The molecular formula is C5H4O2S. The van der Waals surface area contributed by atoms with Gasteiger partial charge in [-0.1, -0.05) is 0 Å². The van der Waals surface area contributed by atoms with Crippen molar-refractivity contribution in [1.29, 1.82) is 0 Å². The van der Waals surface area contributed by atoms with E-state index in [9.17, 15) is 4.79 Å². The number of thiol groups is 1. The van der Waals surface area contributed by atoms with Gasteiger partial charge in [0.05, 0.1) is 11.8 Å². The van der Waals surface area contributed by atoms with Crippen LogP contribution in [0.3, 0.4) is 0 Å². The van der Waals surface area contributed by atoms with Gasteiger partial charge in [-0.15, -0.1) is 12.6 Å². The Morgan fingerprint density at radius 2 is 2.50 bits per heavy atom. The summed E-state index contributed by atoms with van der Waals surface area (Å²) in [5.41, 5.74) is 0.494. The maximum absolute atomic E-state index is 10.3. The van der Waals surface area contributed by atoms with E-state index < -0.39 is 0 Å². The molecule has 3 heteroatoms. The number of carbonyl (C=O) groups is 1. The van der Waals surface area contributed by atoms with Gasteiger partial charge >= 0.3 is 0 Å². The van der Waals surface area contributed by atoms with Gasteiger partial charge in [-0.2, -0.15) is 0 Å². The van der Waals surface area contributed by atoms with Crippen molar-refractivity contribution in [3.8, 4) is 0 Å². The molecule has 1 rings (SSSR count). The van der Waals surface area contributed by atoms with E-state index in [0.717, 1.165) is 0 Å². The van der Waals surface area contributed by atoms with Crippen molar-refractivity contribution in [3.63, 3.8) is 0 Å². The lowest BCUT2D eigenvalue weighted by atomic mass is 10.4. The molecule has 0 unspecified atom stereocenters. The van der Waals surface area contributed by atoms with Crippen LogP contribution in [0.2, 0.25) is 0 Å². The van der Waals surface area contributed by atoms with Gasteiger partial charge in [0.2, 0.25) is 5.12 Å². The summed E-state index contributed by atoms with van der Waals surface area (Å²) in [5, 5.41) is -0.265. The lowest BCUT2D eigenvalue weighted by Crippen LogP contribution is -1.80. The third kappa shape index (κ3) is 0.924. The summed E-state index contributed by atoms with van der Waals surface area (Å²) in [6.45, 7) is 0. The van der Waals surface area contributed by atoms with E-state index in [-0.39, 0.29) is 5.12 Å². The van der Waals surface area contributed by atoms with Crippen LogP contribution in [0.15, 0.2) is 23.0 Å². The highest BCUT2D eigenvalue weighted by atomic mass is 32.1. The Morgan fingerprint density at radius 3 is 2.75 bits per heavy atom. The molecule has 8 heavy (non-hydrogen) atoms. The maximum Gasteiger partial charge on any atom is 0.219 e. The molecule has 1 aromatic heterocycles. The van der Waals surface area contributed by atoms with Gasteiger partial charge < -0.3 is 4.42 Å². The van der Waals surface area contributed by atoms with Crippen LogP contribution in [0, 0.1) is 0 Å². The van der Waals surface area contributed by atoms with Crippen molar-refractivity contribution in [2.45, 2.75) is 0 Å². The topological polar surface area (TPSA) is 30.2 Å². The lowest BCUT2D eigenvalue weighted by molar-refractivity contribution is 0.109. The predicted octanol–water partition coefficient (Wildman–Crippen LogP) is 1.35. The SMILES string of the molecule is O=C(S)c1ccoc1. The standard InChI is InChI=1S/C5H4O2S/c6-5(8)4-1-2-7-3-4/h1-3H,(H,6,8). The van der Waals surface area contributed by atoms with Crippen LogP contribution in [0.5, 0.6) is 0 Å². The monoisotopic (exact) mass is 128 g/mol. The van der Waals surface area contributed by atoms with E-state index in [2.05, 4.69) is 17.0 Å². The quantitative estimate of drug-likeness (QED) is 0.578. The largest absolute Gasteiger partial charge is 0.472 e. The summed E-state index contributed by atoms with van der Waals surface area (Å²) < 4.78 is 4.61. The Kier molecular flexibility index (Phi) is 1.39. The van der Waals surface area contributed by atoms with Gasteiger partial charge in [0, 0.05) is 0 Å². The summed E-state index contributed by atoms with van der Waals surface area (Å²) in [7, 11) is 0. The summed E-state index contributed by atoms with van der Waals surface area (Å²) >= 11 is 3.55. The smallest absolute Gasteiger partial charge is 0.219 e. The minimum Gasteiger partial charge on any atom is -0.472 e. The zero-order valence-electron chi connectivity index (χ0n) is 4.00. The molecule has 0 aromatic carbocycles. The van der Waals surface area contributed by atoms with E-state index in [4.69, 9.17) is 0 Å². The number of hydrogen-bond donors (Lipinski definition) is 1. The van der Waals surface area contributed by atoms with E-state index in [1.54, 1.807) is 6.07 Å². The molecule has 0 aliphatic heterocycles. The number of hydrogen-bond acceptors (Lipinski definition) is 2. The number of rotatable bonds is 1. The molecule has 2 nitrogen and oxygen atoms in total. The molecule has 1 aromatic rings. The van der Waals surface area contributed by atoms with Crippen molar-refractivity contribution in [2.75, 3.05) is 0 Å². The Balaban J connectivity index is 2.93. The number of furan rings is 1. The van der Waals surface area contributed by atoms with Crippen LogP contribution < -0.4 is 0 Å². The molecule has 0 N–H and O–H groups in total. The van der Waals surface area contributed by atoms with Crippen molar-refractivity contribution in [3.05, 3.63) is 24.2 Å². The molecule has 0 bridgehead atoms. The Labute approximate surface area is 51.9 Å². The highest BCUT2D eigenvalue weighted by Gasteiger charge is 1.97. The van der Waals surface area contributed by atoms with E-state index in [1.807, 2.05) is 0 Å². The van der Waals surface area contributed by atoms with Crippen molar-refractivity contribution >= 4 is 17.7 Å². The second kappa shape index (κ2) is 2.05. The van der Waals surface area contributed by atoms with Gasteiger partial charge in [0.25, 0.3) is 0 Å². The summed E-state index contributed by atoms with van der Waals surface area (Å²) in [6, 6.07) is 1.56. The minimum absolute atomic E-state index is 0.265. The van der Waals surface area contributed by atoms with Crippen LogP contribution in [-0.2, 0) is 0 Å². The van der Waals surface area contributed by atoms with Crippen molar-refractivity contribution < 1.29 is 9.21 Å². The van der Waals surface area contributed by atoms with Crippen LogP contribution in [-0.4, -0.2) is 5.12 Å². The zero-order chi connectivity index (χ0) is 5.98. The first-order valence-electron chi connectivity index (χ1n) is 2.06. The summed E-state index contributed by atoms with van der Waals surface area (Å²) in [4.78, 5) is 10.3. The van der Waals surface area contributed by atoms with Gasteiger partial charge in [-0.25, -0.2) is 0 Å². The first-order chi connectivity index (χ1) is 3.80. The molecule has 0 amide bonds. The third-order valence-electron chi connectivity index (χ3n) is 0.768. The molecule has 0 aliphatic carbocycles. The fourth-order valence-electron chi connectivity index (χ4n) is 0.386. The van der Waals surface area contributed by atoms with Crippen LogP contribution in [0.4, 0.5) is 0 Å². The predicted molar refractivity (Wildman–Crippen MR) is 32.0 cm³/mol. The van der Waals surface area contributed by atoms with Gasteiger partial charge in [-0.3, -0.25) is 4.79 Å². The van der Waals surface area contributed by atoms with E-state index >= 15 is 0 Å². The molecular weight excluding hydrogens is 124 g/mol. The first-order valence-corrected chi connectivity index (χ1v) is 2.51. The summed E-state index contributed by atoms with van der Waals surface area (Å²) in [5.74, 6) is 0. The van der Waals surface area contributed by atoms with E-state index in [0.29, 0.717) is 5.56 Å². The average molecular weight is 128 g/mol. The van der Waals surface area contributed by atoms with Gasteiger partial charge in [0.15, 0.2) is 0 Å². The minimum atomic E-state index is -0.265. The molecule has 0 saturated heterocycles. The third-order valence-corrected chi connectivity index (χ3v) is 1.03. The number of carbonyl (C=O) groups excluding carboxylic acids is 1. The summed E-state index contributed by atoms with van der Waals surface area (Å²) in [6.07, 6.45) is 2.79. The highest BCUT2D eigenvalue weighted by Crippen LogP contribution is 2.02. The van der Waals surface area contributed by atoms with E-state index in [1.165, 1.54) is 12.5 Å². The highest BCUT2D eigenvalue weighted by molar-refractivity contribution is 7.97. The molecule has 0 saturated carbocycles. The van der Waals surface area contributed by atoms with Gasteiger partial charge in [0.1, 0.15) is 6.26 Å². The first kappa shape index (κ1) is 5.44. The van der Waals surface area contributed by atoms with Crippen LogP contribution >= 0.6 is 12.6 Å². The van der Waals surface area contributed by atoms with Crippen LogP contribution in [0.25, 0.3) is 0 Å². The molecule has 0 atom stereocenters. The molecule has 0 aliphatic rings. The Bertz CT molecular complexity index is 178. The second-order valence-corrected chi connectivity index (χ2v) is 1.72. The Morgan fingerprint density at radius 1 is 1.75 bits per heavy atom. The lowest BCUT2D eigenvalue weighted by Gasteiger charge is -1.77. The molecule has 42 valence electrons. The van der Waals surface area contributed by atoms with Crippen molar-refractivity contribution in [1.82, 2.24) is 0 Å². The Hall–Kier alpha value is -0.700. The fraction of sp³-hybridized carbons (Fsp3) is 0.